The summed E-state index contributed by atoms with van der Waals surface area (Å²) in [7, 11) is 1.76. The highest BCUT2D eigenvalue weighted by molar-refractivity contribution is 7.99. The number of thioether (sulfide) groups is 1. The number of hydrogen-bond acceptors (Lipinski definition) is 6. The van der Waals surface area contributed by atoms with E-state index >= 15 is 0 Å². The monoisotopic (exact) mass is 442 g/mol. The third-order valence-corrected chi connectivity index (χ3v) is 6.01. The number of ether oxygens (including phenoxy) is 2. The van der Waals surface area contributed by atoms with Crippen LogP contribution in [0.5, 0.6) is 11.5 Å². The van der Waals surface area contributed by atoms with Crippen LogP contribution in [0.4, 0.5) is 4.39 Å². The Labute approximate surface area is 184 Å². The molecule has 1 amide bonds. The summed E-state index contributed by atoms with van der Waals surface area (Å²) in [6.07, 6.45) is -0.230. The third-order valence-electron chi connectivity index (χ3n) is 5.00. The molecule has 2 aromatic carbocycles. The zero-order valence-corrected chi connectivity index (χ0v) is 18.1. The molecule has 0 spiro atoms. The lowest BCUT2D eigenvalue weighted by molar-refractivity contribution is -0.129. The van der Waals surface area contributed by atoms with Crippen LogP contribution in [0.2, 0.25) is 0 Å². The molecule has 0 N–H and O–H groups in total. The van der Waals surface area contributed by atoms with E-state index in [0.29, 0.717) is 42.0 Å². The molecular weight excluding hydrogens is 419 g/mol. The summed E-state index contributed by atoms with van der Waals surface area (Å²) in [6, 6.07) is 13.9. The van der Waals surface area contributed by atoms with E-state index in [1.54, 1.807) is 34.7 Å². The van der Waals surface area contributed by atoms with Gasteiger partial charge in [0.15, 0.2) is 28.6 Å². The normalized spacial score (nSPS) is 15.0. The molecule has 7 nitrogen and oxygen atoms in total. The van der Waals surface area contributed by atoms with E-state index in [1.807, 2.05) is 31.2 Å². The summed E-state index contributed by atoms with van der Waals surface area (Å²) in [4.78, 5) is 14.5. The van der Waals surface area contributed by atoms with Crippen LogP contribution >= 0.6 is 11.8 Å². The van der Waals surface area contributed by atoms with Crippen LogP contribution in [0.25, 0.3) is 11.4 Å². The Morgan fingerprint density at radius 3 is 2.71 bits per heavy atom. The lowest BCUT2D eigenvalue weighted by atomic mass is 10.2. The first-order valence-corrected chi connectivity index (χ1v) is 11.0. The molecule has 162 valence electrons. The molecule has 31 heavy (non-hydrogen) atoms. The minimum Gasteiger partial charge on any atom is -0.486 e. The number of rotatable bonds is 7. The predicted octanol–water partition coefficient (Wildman–Crippen LogP) is 3.40. The van der Waals surface area contributed by atoms with Gasteiger partial charge in [-0.3, -0.25) is 4.79 Å². The van der Waals surface area contributed by atoms with Gasteiger partial charge in [0, 0.05) is 13.6 Å². The summed E-state index contributed by atoms with van der Waals surface area (Å²) >= 11 is 1.27. The van der Waals surface area contributed by atoms with E-state index in [9.17, 15) is 9.18 Å². The summed E-state index contributed by atoms with van der Waals surface area (Å²) in [5, 5.41) is 8.77. The van der Waals surface area contributed by atoms with Crippen molar-refractivity contribution in [3.63, 3.8) is 0 Å². The molecule has 2 heterocycles. The quantitative estimate of drug-likeness (QED) is 0.523. The second kappa shape index (κ2) is 9.38. The van der Waals surface area contributed by atoms with Gasteiger partial charge in [0.1, 0.15) is 12.4 Å². The van der Waals surface area contributed by atoms with Gasteiger partial charge in [0.25, 0.3) is 0 Å². The van der Waals surface area contributed by atoms with Crippen molar-refractivity contribution in [2.75, 3.05) is 25.4 Å². The highest BCUT2D eigenvalue weighted by Crippen LogP contribution is 2.31. The van der Waals surface area contributed by atoms with Crippen LogP contribution < -0.4 is 9.47 Å². The molecule has 1 atom stereocenters. The van der Waals surface area contributed by atoms with Crippen LogP contribution in [-0.2, 0) is 11.8 Å². The SMILES string of the molecule is CCN(CC1COc2ccccc2O1)C(=O)CSc1nnc(-c2ccccc2F)n1C. The van der Waals surface area contributed by atoms with Crippen LogP contribution in [0.1, 0.15) is 6.92 Å². The van der Waals surface area contributed by atoms with E-state index < -0.39 is 0 Å². The highest BCUT2D eigenvalue weighted by atomic mass is 32.2. The van der Waals surface area contributed by atoms with Crippen molar-refractivity contribution in [2.45, 2.75) is 18.2 Å². The predicted molar refractivity (Wildman–Crippen MR) is 116 cm³/mol. The lowest BCUT2D eigenvalue weighted by Crippen LogP contribution is -2.44. The molecular formula is C22H23FN4O3S. The zero-order chi connectivity index (χ0) is 21.8. The van der Waals surface area contributed by atoms with Gasteiger partial charge in [0.05, 0.1) is 17.9 Å². The van der Waals surface area contributed by atoms with E-state index in [0.717, 1.165) is 5.75 Å². The largest absolute Gasteiger partial charge is 0.486 e. The number of aromatic nitrogens is 3. The molecule has 0 aliphatic carbocycles. The number of benzene rings is 2. The van der Waals surface area contributed by atoms with Crippen LogP contribution in [-0.4, -0.2) is 57.1 Å². The Bertz CT molecular complexity index is 1070. The number of fused-ring (bicyclic) bond motifs is 1. The number of carbonyl (C=O) groups is 1. The maximum atomic E-state index is 14.1. The topological polar surface area (TPSA) is 69.5 Å². The lowest BCUT2D eigenvalue weighted by Gasteiger charge is -2.30. The maximum Gasteiger partial charge on any atom is 0.233 e. The van der Waals surface area contributed by atoms with Crippen LogP contribution in [0.3, 0.4) is 0 Å². The van der Waals surface area contributed by atoms with Gasteiger partial charge in [-0.2, -0.15) is 0 Å². The molecule has 1 aliphatic rings. The molecule has 1 unspecified atom stereocenters. The van der Waals surface area contributed by atoms with Crippen LogP contribution in [0, 0.1) is 5.82 Å². The Kier molecular flexibility index (Phi) is 6.41. The number of nitrogens with zero attached hydrogens (tertiary/aromatic N) is 4. The molecule has 0 radical (unpaired) electrons. The summed E-state index contributed by atoms with van der Waals surface area (Å²) in [6.45, 7) is 3.31. The number of carbonyl (C=O) groups excluding carboxylic acids is 1. The molecule has 0 saturated heterocycles. The molecule has 3 aromatic rings. The van der Waals surface area contributed by atoms with Gasteiger partial charge in [-0.1, -0.05) is 36.0 Å². The Balaban J connectivity index is 1.36. The summed E-state index contributed by atoms with van der Waals surface area (Å²) in [5.74, 6) is 1.63. The standard InChI is InChI=1S/C22H23FN4O3S/c1-3-27(12-15-13-29-18-10-6-7-11-19(18)30-15)20(28)14-31-22-25-24-21(26(22)2)16-8-4-5-9-17(16)23/h4-11,15H,3,12-14H2,1-2H3. The molecule has 1 aliphatic heterocycles. The van der Waals surface area contributed by atoms with Crippen LogP contribution in [0.15, 0.2) is 53.7 Å². The summed E-state index contributed by atoms with van der Waals surface area (Å²) in [5.41, 5.74) is 0.376. The van der Waals surface area contributed by atoms with Gasteiger partial charge >= 0.3 is 0 Å². The Hall–Kier alpha value is -3.07. The van der Waals surface area contributed by atoms with E-state index in [-0.39, 0.29) is 23.6 Å². The smallest absolute Gasteiger partial charge is 0.233 e. The molecule has 0 bridgehead atoms. The van der Waals surface area contributed by atoms with Crippen molar-refractivity contribution in [3.8, 4) is 22.9 Å². The number of hydrogen-bond donors (Lipinski definition) is 0. The average molecular weight is 443 g/mol. The van der Waals surface area contributed by atoms with Crippen molar-refractivity contribution < 1.29 is 18.7 Å². The van der Waals surface area contributed by atoms with Gasteiger partial charge in [-0.15, -0.1) is 10.2 Å². The first-order chi connectivity index (χ1) is 15.1. The maximum absolute atomic E-state index is 14.1. The highest BCUT2D eigenvalue weighted by Gasteiger charge is 2.25. The second-order valence-electron chi connectivity index (χ2n) is 7.06. The second-order valence-corrected chi connectivity index (χ2v) is 8.01. The van der Waals surface area contributed by atoms with Gasteiger partial charge in [0.2, 0.25) is 5.91 Å². The number of likely N-dealkylation sites (N-methyl/N-ethyl adjacent to an activating group) is 1. The zero-order valence-electron chi connectivity index (χ0n) is 17.3. The summed E-state index contributed by atoms with van der Waals surface area (Å²) < 4.78 is 27.5. The minimum atomic E-state index is -0.362. The molecule has 0 fully saturated rings. The third kappa shape index (κ3) is 4.66. The molecule has 4 rings (SSSR count). The fraction of sp³-hybridized carbons (Fsp3) is 0.318. The van der Waals surface area contributed by atoms with Crippen molar-refractivity contribution in [3.05, 3.63) is 54.3 Å². The fourth-order valence-electron chi connectivity index (χ4n) is 3.34. The fourth-order valence-corrected chi connectivity index (χ4v) is 4.16. The van der Waals surface area contributed by atoms with Gasteiger partial charge in [-0.05, 0) is 31.2 Å². The molecule has 1 aromatic heterocycles. The van der Waals surface area contributed by atoms with Gasteiger partial charge in [-0.25, -0.2) is 4.39 Å². The number of halogens is 1. The Morgan fingerprint density at radius 2 is 1.94 bits per heavy atom. The minimum absolute atomic E-state index is 0.0367. The van der Waals surface area contributed by atoms with E-state index in [1.165, 1.54) is 17.8 Å². The van der Waals surface area contributed by atoms with Crippen molar-refractivity contribution >= 4 is 17.7 Å². The first-order valence-electron chi connectivity index (χ1n) is 10.00. The Morgan fingerprint density at radius 1 is 1.19 bits per heavy atom. The molecule has 9 heteroatoms. The average Bonchev–Trinajstić information content (AvgIpc) is 3.16. The first kappa shape index (κ1) is 21.2. The van der Waals surface area contributed by atoms with Crippen molar-refractivity contribution in [1.82, 2.24) is 19.7 Å². The van der Waals surface area contributed by atoms with E-state index in [4.69, 9.17) is 9.47 Å². The number of para-hydroxylation sites is 2. The van der Waals surface area contributed by atoms with E-state index in [2.05, 4.69) is 10.2 Å². The molecule has 0 saturated carbocycles. The van der Waals surface area contributed by atoms with Crippen molar-refractivity contribution in [1.29, 1.82) is 0 Å². The van der Waals surface area contributed by atoms with Gasteiger partial charge < -0.3 is 18.9 Å². The number of amides is 1. The van der Waals surface area contributed by atoms with Crippen molar-refractivity contribution in [2.24, 2.45) is 7.05 Å².